The van der Waals surface area contributed by atoms with Crippen molar-refractivity contribution >= 4 is 11.7 Å². The number of urea groups is 1. The highest BCUT2D eigenvalue weighted by atomic mass is 16.2. The monoisotopic (exact) mass is 233 g/mol. The largest absolute Gasteiger partial charge is 0.334 e. The highest BCUT2D eigenvalue weighted by molar-refractivity contribution is 5.89. The highest BCUT2D eigenvalue weighted by Crippen LogP contribution is 2.10. The molecule has 0 aliphatic carbocycles. The minimum absolute atomic E-state index is 0.217. The first-order valence-corrected chi connectivity index (χ1v) is 5.71. The molecule has 0 fully saturated rings. The molecule has 92 valence electrons. The highest BCUT2D eigenvalue weighted by Gasteiger charge is 2.00. The Labute approximate surface area is 102 Å². The standard InChI is InChI=1S/C13H19N3O/c1-3-8-15-13(17)16-12-7-5-6-11(9-12)10-14-4-2/h3,5-7,9,14H,1,4,8,10H2,2H3,(H2,15,16,17). The van der Waals surface area contributed by atoms with Crippen LogP contribution in [0, 0.1) is 0 Å². The molecule has 1 aromatic carbocycles. The van der Waals surface area contributed by atoms with Crippen molar-refractivity contribution in [3.05, 3.63) is 42.5 Å². The molecule has 0 spiro atoms. The first kappa shape index (κ1) is 13.3. The quantitative estimate of drug-likeness (QED) is 0.659. The van der Waals surface area contributed by atoms with Gasteiger partial charge >= 0.3 is 6.03 Å². The second-order valence-corrected chi connectivity index (χ2v) is 3.60. The molecule has 4 nitrogen and oxygen atoms in total. The van der Waals surface area contributed by atoms with Gasteiger partial charge in [0.25, 0.3) is 0 Å². The Morgan fingerprint density at radius 1 is 1.47 bits per heavy atom. The van der Waals surface area contributed by atoms with Gasteiger partial charge in [0.05, 0.1) is 0 Å². The first-order valence-electron chi connectivity index (χ1n) is 5.71. The lowest BCUT2D eigenvalue weighted by Crippen LogP contribution is -2.28. The van der Waals surface area contributed by atoms with E-state index in [1.54, 1.807) is 6.08 Å². The molecule has 0 aliphatic rings. The molecule has 0 unspecified atom stereocenters. The lowest BCUT2D eigenvalue weighted by Gasteiger charge is -2.08. The van der Waals surface area contributed by atoms with Gasteiger partial charge in [0.15, 0.2) is 0 Å². The van der Waals surface area contributed by atoms with Crippen molar-refractivity contribution in [2.24, 2.45) is 0 Å². The van der Waals surface area contributed by atoms with E-state index in [1.165, 1.54) is 0 Å². The summed E-state index contributed by atoms with van der Waals surface area (Å²) >= 11 is 0. The van der Waals surface area contributed by atoms with Gasteiger partial charge in [-0.2, -0.15) is 0 Å². The lowest BCUT2D eigenvalue weighted by molar-refractivity contribution is 0.253. The molecular weight excluding hydrogens is 214 g/mol. The maximum atomic E-state index is 11.4. The van der Waals surface area contributed by atoms with Crippen LogP contribution in [-0.2, 0) is 6.54 Å². The van der Waals surface area contributed by atoms with E-state index in [4.69, 9.17) is 0 Å². The predicted molar refractivity (Wildman–Crippen MR) is 71.0 cm³/mol. The molecule has 0 atom stereocenters. The molecule has 17 heavy (non-hydrogen) atoms. The van der Waals surface area contributed by atoms with Crippen molar-refractivity contribution in [2.75, 3.05) is 18.4 Å². The number of hydrogen-bond donors (Lipinski definition) is 3. The van der Waals surface area contributed by atoms with E-state index < -0.39 is 0 Å². The molecule has 0 radical (unpaired) electrons. The van der Waals surface area contributed by atoms with Crippen LogP contribution in [-0.4, -0.2) is 19.1 Å². The summed E-state index contributed by atoms with van der Waals surface area (Å²) in [4.78, 5) is 11.4. The third-order valence-electron chi connectivity index (χ3n) is 2.17. The summed E-state index contributed by atoms with van der Waals surface area (Å²) in [6.45, 7) is 7.79. The van der Waals surface area contributed by atoms with Crippen LogP contribution in [0.15, 0.2) is 36.9 Å². The number of hydrogen-bond acceptors (Lipinski definition) is 2. The minimum atomic E-state index is -0.217. The van der Waals surface area contributed by atoms with Crippen LogP contribution in [0.1, 0.15) is 12.5 Å². The Bertz CT molecular complexity index is 377. The summed E-state index contributed by atoms with van der Waals surface area (Å²) in [5.41, 5.74) is 1.94. The van der Waals surface area contributed by atoms with Gasteiger partial charge in [0.1, 0.15) is 0 Å². The topological polar surface area (TPSA) is 53.2 Å². The van der Waals surface area contributed by atoms with Crippen LogP contribution in [0.4, 0.5) is 10.5 Å². The summed E-state index contributed by atoms with van der Waals surface area (Å²) in [7, 11) is 0. The van der Waals surface area contributed by atoms with E-state index in [-0.39, 0.29) is 6.03 Å². The smallest absolute Gasteiger partial charge is 0.319 e. The number of amides is 2. The maximum Gasteiger partial charge on any atom is 0.319 e. The molecule has 4 heteroatoms. The van der Waals surface area contributed by atoms with Gasteiger partial charge in [-0.1, -0.05) is 25.1 Å². The number of anilines is 1. The van der Waals surface area contributed by atoms with Crippen molar-refractivity contribution < 1.29 is 4.79 Å². The third-order valence-corrected chi connectivity index (χ3v) is 2.17. The molecule has 2 amide bonds. The number of nitrogens with one attached hydrogen (secondary N) is 3. The van der Waals surface area contributed by atoms with Crippen molar-refractivity contribution in [3.63, 3.8) is 0 Å². The Morgan fingerprint density at radius 3 is 3.00 bits per heavy atom. The van der Waals surface area contributed by atoms with Gasteiger partial charge in [-0.05, 0) is 24.2 Å². The number of carbonyl (C=O) groups excluding carboxylic acids is 1. The molecular formula is C13H19N3O. The molecule has 0 saturated heterocycles. The van der Waals surface area contributed by atoms with E-state index in [2.05, 4.69) is 29.5 Å². The Kier molecular flexibility index (Phi) is 5.82. The van der Waals surface area contributed by atoms with Crippen molar-refractivity contribution in [1.29, 1.82) is 0 Å². The van der Waals surface area contributed by atoms with Gasteiger partial charge in [-0.15, -0.1) is 6.58 Å². The fourth-order valence-corrected chi connectivity index (χ4v) is 1.37. The van der Waals surface area contributed by atoms with Crippen LogP contribution < -0.4 is 16.0 Å². The van der Waals surface area contributed by atoms with Crippen molar-refractivity contribution in [2.45, 2.75) is 13.5 Å². The third kappa shape index (κ3) is 5.17. The Morgan fingerprint density at radius 2 is 2.29 bits per heavy atom. The second kappa shape index (κ2) is 7.46. The Hall–Kier alpha value is -1.81. The van der Waals surface area contributed by atoms with Crippen LogP contribution in [0.25, 0.3) is 0 Å². The van der Waals surface area contributed by atoms with E-state index in [1.807, 2.05) is 24.3 Å². The molecule has 0 heterocycles. The normalized spacial score (nSPS) is 9.71. The summed E-state index contributed by atoms with van der Waals surface area (Å²) < 4.78 is 0. The van der Waals surface area contributed by atoms with E-state index >= 15 is 0 Å². The Balaban J connectivity index is 2.52. The number of benzene rings is 1. The summed E-state index contributed by atoms with van der Waals surface area (Å²) in [5.74, 6) is 0. The SMILES string of the molecule is C=CCNC(=O)Nc1cccc(CNCC)c1. The second-order valence-electron chi connectivity index (χ2n) is 3.60. The van der Waals surface area contributed by atoms with Crippen molar-refractivity contribution in [3.8, 4) is 0 Å². The van der Waals surface area contributed by atoms with Gasteiger partial charge in [0, 0.05) is 18.8 Å². The number of carbonyl (C=O) groups is 1. The first-order chi connectivity index (χ1) is 8.26. The molecule has 1 aromatic rings. The fourth-order valence-electron chi connectivity index (χ4n) is 1.37. The maximum absolute atomic E-state index is 11.4. The fraction of sp³-hybridized carbons (Fsp3) is 0.308. The van der Waals surface area contributed by atoms with Gasteiger partial charge < -0.3 is 16.0 Å². The van der Waals surface area contributed by atoms with Gasteiger partial charge in [-0.25, -0.2) is 4.79 Å². The minimum Gasteiger partial charge on any atom is -0.334 e. The zero-order chi connectivity index (χ0) is 12.5. The van der Waals surface area contributed by atoms with E-state index in [0.717, 1.165) is 24.3 Å². The number of rotatable bonds is 6. The molecule has 1 rings (SSSR count). The van der Waals surface area contributed by atoms with Crippen molar-refractivity contribution in [1.82, 2.24) is 10.6 Å². The average Bonchev–Trinajstić information content (AvgIpc) is 2.34. The van der Waals surface area contributed by atoms with E-state index in [0.29, 0.717) is 6.54 Å². The summed E-state index contributed by atoms with van der Waals surface area (Å²) in [5, 5.41) is 8.67. The molecule has 0 bridgehead atoms. The predicted octanol–water partition coefficient (Wildman–Crippen LogP) is 2.10. The van der Waals surface area contributed by atoms with Crippen LogP contribution >= 0.6 is 0 Å². The van der Waals surface area contributed by atoms with Gasteiger partial charge in [-0.3, -0.25) is 0 Å². The van der Waals surface area contributed by atoms with E-state index in [9.17, 15) is 4.79 Å². The van der Waals surface area contributed by atoms with Crippen LogP contribution in [0.3, 0.4) is 0 Å². The average molecular weight is 233 g/mol. The molecule has 0 aromatic heterocycles. The summed E-state index contributed by atoms with van der Waals surface area (Å²) in [6.07, 6.45) is 1.64. The van der Waals surface area contributed by atoms with Crippen LogP contribution in [0.2, 0.25) is 0 Å². The van der Waals surface area contributed by atoms with Gasteiger partial charge in [0.2, 0.25) is 0 Å². The zero-order valence-corrected chi connectivity index (χ0v) is 10.1. The molecule has 0 aliphatic heterocycles. The van der Waals surface area contributed by atoms with Crippen LogP contribution in [0.5, 0.6) is 0 Å². The summed E-state index contributed by atoms with van der Waals surface area (Å²) in [6, 6.07) is 7.55. The zero-order valence-electron chi connectivity index (χ0n) is 10.1. The molecule has 0 saturated carbocycles. The molecule has 3 N–H and O–H groups in total. The lowest BCUT2D eigenvalue weighted by atomic mass is 10.2.